The van der Waals surface area contributed by atoms with Gasteiger partial charge in [0.2, 0.25) is 0 Å². The second-order valence-electron chi connectivity index (χ2n) is 9.00. The van der Waals surface area contributed by atoms with Gasteiger partial charge in [-0.25, -0.2) is 9.31 Å². The van der Waals surface area contributed by atoms with Crippen LogP contribution in [-0.2, 0) is 10.2 Å². The molecule has 34 heavy (non-hydrogen) atoms. The molecule has 0 radical (unpaired) electrons. The lowest BCUT2D eigenvalue weighted by Gasteiger charge is -2.35. The van der Waals surface area contributed by atoms with E-state index in [-0.39, 0.29) is 11.5 Å². The monoisotopic (exact) mass is 457 g/mol. The van der Waals surface area contributed by atoms with Crippen LogP contribution in [0.2, 0.25) is 0 Å². The van der Waals surface area contributed by atoms with Gasteiger partial charge in [-0.15, -0.1) is 6.42 Å². The summed E-state index contributed by atoms with van der Waals surface area (Å²) in [5.41, 5.74) is 5.51. The molecule has 2 saturated heterocycles. The van der Waals surface area contributed by atoms with Gasteiger partial charge in [-0.3, -0.25) is 0 Å². The number of hydrogen-bond acceptors (Lipinski definition) is 5. The zero-order valence-electron chi connectivity index (χ0n) is 19.7. The van der Waals surface area contributed by atoms with Gasteiger partial charge in [0, 0.05) is 44.1 Å². The number of piperidine rings is 1. The first kappa shape index (κ1) is 22.3. The molecule has 2 aliphatic rings. The smallest absolute Gasteiger partial charge is 0.409 e. The summed E-state index contributed by atoms with van der Waals surface area (Å²) in [7, 11) is 0. The van der Waals surface area contributed by atoms with Gasteiger partial charge in [0.25, 0.3) is 0 Å². The van der Waals surface area contributed by atoms with E-state index in [9.17, 15) is 4.79 Å². The number of nitrogens with zero attached hydrogens (tertiary/aromatic N) is 4. The molecular weight excluding hydrogens is 426 g/mol. The maximum atomic E-state index is 12.0. The Morgan fingerprint density at radius 1 is 1.12 bits per heavy atom. The highest BCUT2D eigenvalue weighted by molar-refractivity contribution is 5.80. The van der Waals surface area contributed by atoms with Gasteiger partial charge < -0.3 is 19.9 Å². The Morgan fingerprint density at radius 3 is 2.53 bits per heavy atom. The molecule has 1 amide bonds. The van der Waals surface area contributed by atoms with E-state index < -0.39 is 0 Å². The van der Waals surface area contributed by atoms with E-state index >= 15 is 0 Å². The van der Waals surface area contributed by atoms with Crippen molar-refractivity contribution >= 4 is 17.3 Å². The molecule has 0 saturated carbocycles. The summed E-state index contributed by atoms with van der Waals surface area (Å²) in [6, 6.07) is 13.0. The van der Waals surface area contributed by atoms with Gasteiger partial charge >= 0.3 is 6.09 Å². The Kier molecular flexibility index (Phi) is 6.16. The molecule has 2 aromatic heterocycles. The van der Waals surface area contributed by atoms with Gasteiger partial charge in [0.05, 0.1) is 23.2 Å². The van der Waals surface area contributed by atoms with Crippen LogP contribution in [0.1, 0.15) is 25.3 Å². The first-order chi connectivity index (χ1) is 16.6. The molecule has 5 rings (SSSR count). The minimum absolute atomic E-state index is 0.171. The van der Waals surface area contributed by atoms with Crippen LogP contribution in [-0.4, -0.2) is 66.5 Å². The molecular formula is C27H31N5O2. The average molecular weight is 458 g/mol. The summed E-state index contributed by atoms with van der Waals surface area (Å²) >= 11 is 0. The van der Waals surface area contributed by atoms with Crippen molar-refractivity contribution < 1.29 is 9.53 Å². The number of carbonyl (C=O) groups is 1. The maximum Gasteiger partial charge on any atom is 0.409 e. The number of terminal acetylenes is 1. The zero-order valence-corrected chi connectivity index (χ0v) is 19.7. The van der Waals surface area contributed by atoms with Crippen LogP contribution >= 0.6 is 0 Å². The number of hydrogen-bond donors (Lipinski definition) is 1. The number of aromatic nitrogens is 2. The first-order valence-electron chi connectivity index (χ1n) is 12.1. The highest BCUT2D eigenvalue weighted by Crippen LogP contribution is 2.35. The molecule has 7 heteroatoms. The number of nitrogens with one attached hydrogen (secondary N) is 1. The highest BCUT2D eigenvalue weighted by Gasteiger charge is 2.31. The van der Waals surface area contributed by atoms with Gasteiger partial charge in [-0.2, -0.15) is 5.10 Å². The molecule has 0 atom stereocenters. The number of rotatable bonds is 4. The van der Waals surface area contributed by atoms with Crippen molar-refractivity contribution in [2.45, 2.75) is 25.2 Å². The van der Waals surface area contributed by atoms with E-state index in [1.807, 2.05) is 17.6 Å². The van der Waals surface area contributed by atoms with Crippen LogP contribution in [0.15, 0.2) is 48.8 Å². The molecule has 3 aromatic rings. The third kappa shape index (κ3) is 4.10. The quantitative estimate of drug-likeness (QED) is 0.608. The van der Waals surface area contributed by atoms with Crippen LogP contribution in [0, 0.1) is 12.3 Å². The molecule has 7 nitrogen and oxygen atoms in total. The standard InChI is InChI=1S/C27H31N5O2/c1-3-27(10-13-28-14-11-27)23-7-5-21(6-8-23)22-19-25-24(9-12-29-32(25)20-22)30-15-17-31(18-16-30)26(33)34-4-2/h1,5-9,12,19-20,28H,4,10-11,13-18H2,2H3. The van der Waals surface area contributed by atoms with Crippen molar-refractivity contribution in [2.24, 2.45) is 0 Å². The minimum atomic E-state index is -0.230. The minimum Gasteiger partial charge on any atom is -0.450 e. The number of benzene rings is 1. The average Bonchev–Trinajstić information content (AvgIpc) is 3.34. The van der Waals surface area contributed by atoms with Gasteiger partial charge in [0.15, 0.2) is 0 Å². The van der Waals surface area contributed by atoms with Crippen molar-refractivity contribution in [3.8, 4) is 23.5 Å². The Balaban J connectivity index is 1.37. The number of anilines is 1. The van der Waals surface area contributed by atoms with Crippen molar-refractivity contribution in [3.05, 3.63) is 54.4 Å². The van der Waals surface area contributed by atoms with E-state index in [0.29, 0.717) is 19.7 Å². The van der Waals surface area contributed by atoms with Crippen LogP contribution in [0.4, 0.5) is 10.5 Å². The lowest BCUT2D eigenvalue weighted by atomic mass is 9.74. The van der Waals surface area contributed by atoms with Crippen LogP contribution in [0.5, 0.6) is 0 Å². The second-order valence-corrected chi connectivity index (χ2v) is 9.00. The third-order valence-corrected chi connectivity index (χ3v) is 7.14. The van der Waals surface area contributed by atoms with E-state index in [1.54, 1.807) is 4.90 Å². The van der Waals surface area contributed by atoms with E-state index in [1.165, 1.54) is 5.56 Å². The number of fused-ring (bicyclic) bond motifs is 1. The fourth-order valence-corrected chi connectivity index (χ4v) is 5.12. The molecule has 0 unspecified atom stereocenters. The third-order valence-electron chi connectivity index (χ3n) is 7.14. The lowest BCUT2D eigenvalue weighted by molar-refractivity contribution is 0.105. The molecule has 0 bridgehead atoms. The number of ether oxygens (including phenoxy) is 1. The summed E-state index contributed by atoms with van der Waals surface area (Å²) in [5.74, 6) is 3.08. The van der Waals surface area contributed by atoms with Crippen LogP contribution in [0.3, 0.4) is 0 Å². The Bertz CT molecular complexity index is 1200. The molecule has 1 aromatic carbocycles. The van der Waals surface area contributed by atoms with Gasteiger partial charge in [-0.1, -0.05) is 30.2 Å². The van der Waals surface area contributed by atoms with Gasteiger partial charge in [0.1, 0.15) is 0 Å². The molecule has 4 heterocycles. The maximum absolute atomic E-state index is 12.0. The summed E-state index contributed by atoms with van der Waals surface area (Å²) in [5, 5.41) is 7.94. The molecule has 1 N–H and O–H groups in total. The number of piperazine rings is 1. The largest absolute Gasteiger partial charge is 0.450 e. The van der Waals surface area contributed by atoms with E-state index in [2.05, 4.69) is 63.8 Å². The summed E-state index contributed by atoms with van der Waals surface area (Å²) in [6.45, 7) is 6.97. The van der Waals surface area contributed by atoms with Gasteiger partial charge in [-0.05, 0) is 56.1 Å². The summed E-state index contributed by atoms with van der Waals surface area (Å²) in [4.78, 5) is 16.1. The highest BCUT2D eigenvalue weighted by atomic mass is 16.6. The fraction of sp³-hybridized carbons (Fsp3) is 0.407. The second kappa shape index (κ2) is 9.40. The Labute approximate surface area is 200 Å². The summed E-state index contributed by atoms with van der Waals surface area (Å²) < 4.78 is 7.08. The van der Waals surface area contributed by atoms with E-state index in [4.69, 9.17) is 11.2 Å². The van der Waals surface area contributed by atoms with Crippen LogP contribution in [0.25, 0.3) is 16.6 Å². The molecule has 2 aliphatic heterocycles. The zero-order chi connectivity index (χ0) is 23.5. The van der Waals surface area contributed by atoms with Crippen molar-refractivity contribution in [1.29, 1.82) is 0 Å². The summed E-state index contributed by atoms with van der Waals surface area (Å²) in [6.07, 6.45) is 11.6. The molecule has 176 valence electrons. The normalized spacial score (nSPS) is 18.0. The number of carbonyl (C=O) groups excluding carboxylic acids is 1. The Morgan fingerprint density at radius 2 is 1.85 bits per heavy atom. The topological polar surface area (TPSA) is 62.1 Å². The first-order valence-corrected chi connectivity index (χ1v) is 12.1. The molecule has 2 fully saturated rings. The van der Waals surface area contributed by atoms with Crippen molar-refractivity contribution in [3.63, 3.8) is 0 Å². The van der Waals surface area contributed by atoms with E-state index in [0.717, 1.165) is 61.4 Å². The van der Waals surface area contributed by atoms with Crippen molar-refractivity contribution in [1.82, 2.24) is 19.8 Å². The predicted octanol–water partition coefficient (Wildman–Crippen LogP) is 3.53. The SMILES string of the molecule is C#CC1(c2ccc(-c3cc4c(N5CCN(C(=O)OCC)CC5)ccnn4c3)cc2)CCNCC1. The molecule has 0 spiro atoms. The Hall–Kier alpha value is -3.50. The lowest BCUT2D eigenvalue weighted by Crippen LogP contribution is -2.49. The van der Waals surface area contributed by atoms with Crippen LogP contribution < -0.4 is 10.2 Å². The number of amides is 1. The van der Waals surface area contributed by atoms with Crippen molar-refractivity contribution in [2.75, 3.05) is 50.8 Å². The fourth-order valence-electron chi connectivity index (χ4n) is 5.12. The predicted molar refractivity (Wildman–Crippen MR) is 134 cm³/mol. The molecule has 0 aliphatic carbocycles.